The van der Waals surface area contributed by atoms with E-state index in [1.165, 1.54) is 12.1 Å². The molecule has 0 saturated heterocycles. The standard InChI is InChI=1S/C16H15NO4/c1-9-6-7-11(8-13(9)18)15(19)17-14-10(2)4-3-5-12(14)16(20)21/h3-8,18H,1-2H3,(H,17,19)(H,20,21). The van der Waals surface area contributed by atoms with Gasteiger partial charge in [0.25, 0.3) is 5.91 Å². The fourth-order valence-electron chi connectivity index (χ4n) is 1.95. The molecule has 0 saturated carbocycles. The highest BCUT2D eigenvalue weighted by Gasteiger charge is 2.16. The topological polar surface area (TPSA) is 86.6 Å². The molecule has 0 heterocycles. The number of phenols is 1. The molecule has 0 aliphatic carbocycles. The van der Waals surface area contributed by atoms with Crippen LogP contribution in [0.25, 0.3) is 0 Å². The van der Waals surface area contributed by atoms with Gasteiger partial charge in [0, 0.05) is 5.56 Å². The van der Waals surface area contributed by atoms with Crippen molar-refractivity contribution in [2.75, 3.05) is 5.32 Å². The van der Waals surface area contributed by atoms with Crippen LogP contribution in [-0.4, -0.2) is 22.1 Å². The second kappa shape index (κ2) is 5.66. The molecule has 0 fully saturated rings. The molecule has 0 aromatic heterocycles. The van der Waals surface area contributed by atoms with E-state index in [1.807, 2.05) is 0 Å². The number of aryl methyl sites for hydroxylation is 2. The Morgan fingerprint density at radius 3 is 2.38 bits per heavy atom. The van der Waals surface area contributed by atoms with Crippen molar-refractivity contribution < 1.29 is 19.8 Å². The van der Waals surface area contributed by atoms with Crippen molar-refractivity contribution in [2.45, 2.75) is 13.8 Å². The Labute approximate surface area is 121 Å². The second-order valence-corrected chi connectivity index (χ2v) is 4.76. The zero-order chi connectivity index (χ0) is 15.6. The summed E-state index contributed by atoms with van der Waals surface area (Å²) in [6.45, 7) is 3.44. The number of phenolic OH excluding ortho intramolecular Hbond substituents is 1. The van der Waals surface area contributed by atoms with Crippen LogP contribution in [0.1, 0.15) is 31.8 Å². The lowest BCUT2D eigenvalue weighted by Crippen LogP contribution is -2.16. The molecule has 1 amide bonds. The van der Waals surface area contributed by atoms with Crippen LogP contribution in [0.3, 0.4) is 0 Å². The number of aromatic carboxylic acids is 1. The number of hydrogen-bond acceptors (Lipinski definition) is 3. The van der Waals surface area contributed by atoms with Crippen molar-refractivity contribution in [3.63, 3.8) is 0 Å². The van der Waals surface area contributed by atoms with Gasteiger partial charge in [-0.2, -0.15) is 0 Å². The lowest BCUT2D eigenvalue weighted by atomic mass is 10.1. The molecule has 0 bridgehead atoms. The van der Waals surface area contributed by atoms with Gasteiger partial charge in [0.2, 0.25) is 0 Å². The number of para-hydroxylation sites is 1. The van der Waals surface area contributed by atoms with Gasteiger partial charge in [-0.3, -0.25) is 4.79 Å². The third-order valence-corrected chi connectivity index (χ3v) is 3.21. The van der Waals surface area contributed by atoms with Gasteiger partial charge in [0.05, 0.1) is 11.3 Å². The van der Waals surface area contributed by atoms with Crippen molar-refractivity contribution in [3.05, 3.63) is 58.7 Å². The zero-order valence-corrected chi connectivity index (χ0v) is 11.7. The van der Waals surface area contributed by atoms with Crippen LogP contribution in [0.4, 0.5) is 5.69 Å². The molecule has 0 spiro atoms. The van der Waals surface area contributed by atoms with Gasteiger partial charge in [-0.15, -0.1) is 0 Å². The fraction of sp³-hybridized carbons (Fsp3) is 0.125. The molecule has 21 heavy (non-hydrogen) atoms. The highest BCUT2D eigenvalue weighted by molar-refractivity contribution is 6.08. The number of amides is 1. The van der Waals surface area contributed by atoms with Gasteiger partial charge in [-0.1, -0.05) is 18.2 Å². The quantitative estimate of drug-likeness (QED) is 0.809. The van der Waals surface area contributed by atoms with Crippen LogP contribution in [0.5, 0.6) is 5.75 Å². The summed E-state index contributed by atoms with van der Waals surface area (Å²) in [5.74, 6) is -1.56. The van der Waals surface area contributed by atoms with E-state index in [1.54, 1.807) is 38.1 Å². The Balaban J connectivity index is 2.36. The van der Waals surface area contributed by atoms with E-state index in [0.29, 0.717) is 11.1 Å². The maximum Gasteiger partial charge on any atom is 0.337 e. The van der Waals surface area contributed by atoms with Crippen LogP contribution in [0.15, 0.2) is 36.4 Å². The highest BCUT2D eigenvalue weighted by atomic mass is 16.4. The molecule has 0 atom stereocenters. The lowest BCUT2D eigenvalue weighted by Gasteiger charge is -2.12. The lowest BCUT2D eigenvalue weighted by molar-refractivity contribution is 0.0698. The molecule has 3 N–H and O–H groups in total. The van der Waals surface area contributed by atoms with E-state index in [2.05, 4.69) is 5.32 Å². The minimum atomic E-state index is -1.11. The smallest absolute Gasteiger partial charge is 0.337 e. The molecule has 2 aromatic rings. The number of anilines is 1. The molecule has 0 radical (unpaired) electrons. The second-order valence-electron chi connectivity index (χ2n) is 4.76. The Bertz CT molecular complexity index is 722. The van der Waals surface area contributed by atoms with Gasteiger partial charge in [0.1, 0.15) is 5.75 Å². The number of carbonyl (C=O) groups excluding carboxylic acids is 1. The van der Waals surface area contributed by atoms with E-state index in [4.69, 9.17) is 5.11 Å². The largest absolute Gasteiger partial charge is 0.508 e. The van der Waals surface area contributed by atoms with Crippen molar-refractivity contribution in [2.24, 2.45) is 0 Å². The van der Waals surface area contributed by atoms with E-state index < -0.39 is 11.9 Å². The number of nitrogens with one attached hydrogen (secondary N) is 1. The maximum absolute atomic E-state index is 12.2. The fourth-order valence-corrected chi connectivity index (χ4v) is 1.95. The number of hydrogen-bond donors (Lipinski definition) is 3. The number of carboxylic acids is 1. The molecule has 2 rings (SSSR count). The van der Waals surface area contributed by atoms with Crippen LogP contribution in [0.2, 0.25) is 0 Å². The molecule has 0 unspecified atom stereocenters. The van der Waals surface area contributed by atoms with Gasteiger partial charge in [0.15, 0.2) is 0 Å². The summed E-state index contributed by atoms with van der Waals surface area (Å²) in [5.41, 5.74) is 1.86. The monoisotopic (exact) mass is 285 g/mol. The molecular formula is C16H15NO4. The Morgan fingerprint density at radius 1 is 1.05 bits per heavy atom. The van der Waals surface area contributed by atoms with E-state index in [0.717, 1.165) is 0 Å². The van der Waals surface area contributed by atoms with Gasteiger partial charge in [-0.05, 0) is 43.2 Å². The van der Waals surface area contributed by atoms with Crippen molar-refractivity contribution in [1.82, 2.24) is 0 Å². The van der Waals surface area contributed by atoms with Crippen LogP contribution in [-0.2, 0) is 0 Å². The minimum absolute atomic E-state index is 0.0193. The van der Waals surface area contributed by atoms with E-state index in [-0.39, 0.29) is 22.6 Å². The number of aromatic hydroxyl groups is 1. The third kappa shape index (κ3) is 3.02. The highest BCUT2D eigenvalue weighted by Crippen LogP contribution is 2.23. The first kappa shape index (κ1) is 14.6. The average Bonchev–Trinajstić information content (AvgIpc) is 2.43. The van der Waals surface area contributed by atoms with E-state index >= 15 is 0 Å². The summed E-state index contributed by atoms with van der Waals surface area (Å²) in [5, 5.41) is 21.4. The summed E-state index contributed by atoms with van der Waals surface area (Å²) < 4.78 is 0. The molecule has 108 valence electrons. The zero-order valence-electron chi connectivity index (χ0n) is 11.7. The summed E-state index contributed by atoms with van der Waals surface area (Å²) in [7, 11) is 0. The number of carboxylic acid groups (broad SMARTS) is 1. The molecule has 0 aliphatic heterocycles. The molecule has 5 nitrogen and oxygen atoms in total. The first-order valence-electron chi connectivity index (χ1n) is 6.34. The van der Waals surface area contributed by atoms with Crippen molar-refractivity contribution >= 4 is 17.6 Å². The van der Waals surface area contributed by atoms with Crippen molar-refractivity contribution in [1.29, 1.82) is 0 Å². The third-order valence-electron chi connectivity index (χ3n) is 3.21. The Kier molecular flexibility index (Phi) is 3.93. The molecule has 5 heteroatoms. The minimum Gasteiger partial charge on any atom is -0.508 e. The van der Waals surface area contributed by atoms with Crippen LogP contribution < -0.4 is 5.32 Å². The summed E-state index contributed by atoms with van der Waals surface area (Å²) in [6, 6.07) is 9.31. The van der Waals surface area contributed by atoms with Gasteiger partial charge in [-0.25, -0.2) is 4.79 Å². The predicted molar refractivity (Wildman–Crippen MR) is 78.9 cm³/mol. The predicted octanol–water partition coefficient (Wildman–Crippen LogP) is 2.96. The Hall–Kier alpha value is -2.82. The molecule has 0 aliphatic rings. The normalized spacial score (nSPS) is 10.2. The summed E-state index contributed by atoms with van der Waals surface area (Å²) in [6.07, 6.45) is 0. The number of rotatable bonds is 3. The van der Waals surface area contributed by atoms with Crippen molar-refractivity contribution in [3.8, 4) is 5.75 Å². The molecular weight excluding hydrogens is 270 g/mol. The SMILES string of the molecule is Cc1ccc(C(=O)Nc2c(C)cccc2C(=O)O)cc1O. The number of benzene rings is 2. The summed E-state index contributed by atoms with van der Waals surface area (Å²) >= 11 is 0. The number of carbonyl (C=O) groups is 2. The van der Waals surface area contributed by atoms with Crippen LogP contribution in [0, 0.1) is 13.8 Å². The first-order chi connectivity index (χ1) is 9.90. The van der Waals surface area contributed by atoms with Gasteiger partial charge >= 0.3 is 5.97 Å². The van der Waals surface area contributed by atoms with Gasteiger partial charge < -0.3 is 15.5 Å². The average molecular weight is 285 g/mol. The Morgan fingerprint density at radius 2 is 1.76 bits per heavy atom. The molecule has 2 aromatic carbocycles. The van der Waals surface area contributed by atoms with E-state index in [9.17, 15) is 14.7 Å². The van der Waals surface area contributed by atoms with Crippen LogP contribution >= 0.6 is 0 Å². The maximum atomic E-state index is 12.2. The first-order valence-corrected chi connectivity index (χ1v) is 6.34. The summed E-state index contributed by atoms with van der Waals surface area (Å²) in [4.78, 5) is 23.4.